The Morgan fingerprint density at radius 1 is 1.33 bits per heavy atom. The number of rotatable bonds is 1. The van der Waals surface area contributed by atoms with Crippen LogP contribution in [0.4, 0.5) is 4.79 Å². The van der Waals surface area contributed by atoms with Crippen molar-refractivity contribution in [3.05, 3.63) is 0 Å². The van der Waals surface area contributed by atoms with Crippen LogP contribution in [0.5, 0.6) is 0 Å². The van der Waals surface area contributed by atoms with Gasteiger partial charge in [-0.15, -0.1) is 0 Å². The predicted octanol–water partition coefficient (Wildman–Crippen LogP) is 2.22. The SMILES string of the molecule is CC.CCOC(=O)N1CCCC(=O)CC1. The highest BCUT2D eigenvalue weighted by molar-refractivity contribution is 5.79. The van der Waals surface area contributed by atoms with E-state index in [9.17, 15) is 9.59 Å². The van der Waals surface area contributed by atoms with E-state index >= 15 is 0 Å². The second-order valence-corrected chi connectivity index (χ2v) is 3.08. The number of Topliss-reactive ketones (excluding diaryl/α,β-unsaturated/α-hetero) is 1. The van der Waals surface area contributed by atoms with Crippen LogP contribution < -0.4 is 0 Å². The van der Waals surface area contributed by atoms with Crippen molar-refractivity contribution in [1.29, 1.82) is 0 Å². The Balaban J connectivity index is 0.000000921. The molecule has 0 aromatic heterocycles. The lowest BCUT2D eigenvalue weighted by Gasteiger charge is -2.18. The summed E-state index contributed by atoms with van der Waals surface area (Å²) in [6, 6.07) is 0. The molecule has 0 radical (unpaired) electrons. The summed E-state index contributed by atoms with van der Waals surface area (Å²) >= 11 is 0. The molecule has 0 spiro atoms. The molecule has 0 aromatic rings. The number of nitrogens with zero attached hydrogens (tertiary/aromatic N) is 1. The number of ketones is 1. The van der Waals surface area contributed by atoms with Gasteiger partial charge in [0.15, 0.2) is 0 Å². The van der Waals surface area contributed by atoms with Gasteiger partial charge < -0.3 is 9.64 Å². The molecule has 0 aromatic carbocycles. The van der Waals surface area contributed by atoms with E-state index in [-0.39, 0.29) is 11.9 Å². The summed E-state index contributed by atoms with van der Waals surface area (Å²) in [4.78, 5) is 23.9. The molecule has 0 unspecified atom stereocenters. The summed E-state index contributed by atoms with van der Waals surface area (Å²) < 4.78 is 4.85. The van der Waals surface area contributed by atoms with E-state index in [2.05, 4.69) is 0 Å². The number of hydrogen-bond acceptors (Lipinski definition) is 3. The average molecular weight is 215 g/mol. The topological polar surface area (TPSA) is 46.6 Å². The van der Waals surface area contributed by atoms with Crippen molar-refractivity contribution in [2.45, 2.75) is 40.0 Å². The van der Waals surface area contributed by atoms with Crippen molar-refractivity contribution in [2.75, 3.05) is 19.7 Å². The summed E-state index contributed by atoms with van der Waals surface area (Å²) in [7, 11) is 0. The summed E-state index contributed by atoms with van der Waals surface area (Å²) in [5, 5.41) is 0. The first kappa shape index (κ1) is 13.9. The Hall–Kier alpha value is -1.06. The Bertz CT molecular complexity index is 204. The van der Waals surface area contributed by atoms with Crippen molar-refractivity contribution in [3.8, 4) is 0 Å². The maximum atomic E-state index is 11.2. The van der Waals surface area contributed by atoms with E-state index in [1.54, 1.807) is 11.8 Å². The second-order valence-electron chi connectivity index (χ2n) is 3.08. The van der Waals surface area contributed by atoms with Crippen molar-refractivity contribution >= 4 is 11.9 Å². The molecule has 1 rings (SSSR count). The largest absolute Gasteiger partial charge is 0.450 e. The zero-order valence-electron chi connectivity index (χ0n) is 9.91. The normalized spacial score (nSPS) is 16.2. The molecule has 4 nitrogen and oxygen atoms in total. The van der Waals surface area contributed by atoms with Gasteiger partial charge in [0.05, 0.1) is 6.61 Å². The fourth-order valence-electron chi connectivity index (χ4n) is 1.36. The van der Waals surface area contributed by atoms with Gasteiger partial charge in [0, 0.05) is 25.9 Å². The number of hydrogen-bond donors (Lipinski definition) is 0. The van der Waals surface area contributed by atoms with Crippen LogP contribution in [0.1, 0.15) is 40.0 Å². The Labute approximate surface area is 91.6 Å². The number of likely N-dealkylation sites (tertiary alicyclic amines) is 1. The van der Waals surface area contributed by atoms with Crippen molar-refractivity contribution in [1.82, 2.24) is 4.90 Å². The molecule has 15 heavy (non-hydrogen) atoms. The Morgan fingerprint density at radius 2 is 2.00 bits per heavy atom. The van der Waals surface area contributed by atoms with Gasteiger partial charge in [-0.25, -0.2) is 4.79 Å². The third-order valence-corrected chi connectivity index (χ3v) is 2.07. The van der Waals surface area contributed by atoms with Crippen molar-refractivity contribution in [3.63, 3.8) is 0 Å². The molecule has 0 atom stereocenters. The van der Waals surface area contributed by atoms with Gasteiger partial charge in [-0.05, 0) is 13.3 Å². The van der Waals surface area contributed by atoms with Crippen LogP contribution >= 0.6 is 0 Å². The standard InChI is InChI=1S/C9H15NO3.C2H6/c1-2-13-9(12)10-6-3-4-8(11)5-7-10;1-2/h2-7H2,1H3;1-2H3. The maximum absolute atomic E-state index is 11.2. The predicted molar refractivity (Wildman–Crippen MR) is 58.8 cm³/mol. The molecule has 0 aliphatic carbocycles. The molecule has 1 aliphatic rings. The molecule has 0 saturated carbocycles. The molecular formula is C11H21NO3. The van der Waals surface area contributed by atoms with Crippen LogP contribution in [-0.4, -0.2) is 36.5 Å². The van der Waals surface area contributed by atoms with Crippen LogP contribution in [-0.2, 0) is 9.53 Å². The second kappa shape index (κ2) is 8.26. The fourth-order valence-corrected chi connectivity index (χ4v) is 1.36. The first-order valence-corrected chi connectivity index (χ1v) is 5.67. The van der Waals surface area contributed by atoms with Crippen LogP contribution in [0.3, 0.4) is 0 Å². The third kappa shape index (κ3) is 5.40. The summed E-state index contributed by atoms with van der Waals surface area (Å²) in [6.45, 7) is 7.33. The van der Waals surface area contributed by atoms with E-state index in [0.29, 0.717) is 32.5 Å². The minimum Gasteiger partial charge on any atom is -0.450 e. The molecule has 1 heterocycles. The molecule has 4 heteroatoms. The lowest BCUT2D eigenvalue weighted by molar-refractivity contribution is -0.118. The van der Waals surface area contributed by atoms with Gasteiger partial charge in [0.2, 0.25) is 0 Å². The van der Waals surface area contributed by atoms with Crippen LogP contribution in [0.2, 0.25) is 0 Å². The molecule has 1 fully saturated rings. The number of carbonyl (C=O) groups excluding carboxylic acids is 2. The van der Waals surface area contributed by atoms with Crippen LogP contribution in [0.15, 0.2) is 0 Å². The molecule has 1 amide bonds. The van der Waals surface area contributed by atoms with Gasteiger partial charge in [0.25, 0.3) is 0 Å². The molecule has 1 aliphatic heterocycles. The molecular weight excluding hydrogens is 194 g/mol. The number of amides is 1. The zero-order valence-corrected chi connectivity index (χ0v) is 9.91. The number of carbonyl (C=O) groups is 2. The molecule has 88 valence electrons. The highest BCUT2D eigenvalue weighted by Gasteiger charge is 2.18. The lowest BCUT2D eigenvalue weighted by atomic mass is 10.2. The lowest BCUT2D eigenvalue weighted by Crippen LogP contribution is -2.32. The van der Waals surface area contributed by atoms with Gasteiger partial charge in [-0.2, -0.15) is 0 Å². The van der Waals surface area contributed by atoms with E-state index in [1.165, 1.54) is 0 Å². The van der Waals surface area contributed by atoms with Gasteiger partial charge >= 0.3 is 6.09 Å². The van der Waals surface area contributed by atoms with Crippen molar-refractivity contribution < 1.29 is 14.3 Å². The summed E-state index contributed by atoms with van der Waals surface area (Å²) in [6.07, 6.45) is 1.53. The Morgan fingerprint density at radius 3 is 2.60 bits per heavy atom. The van der Waals surface area contributed by atoms with E-state index < -0.39 is 0 Å². The minimum atomic E-state index is -0.294. The molecule has 0 N–H and O–H groups in total. The van der Waals surface area contributed by atoms with Gasteiger partial charge in [-0.3, -0.25) is 4.79 Å². The van der Waals surface area contributed by atoms with Crippen LogP contribution in [0.25, 0.3) is 0 Å². The summed E-state index contributed by atoms with van der Waals surface area (Å²) in [5.41, 5.74) is 0. The van der Waals surface area contributed by atoms with Gasteiger partial charge in [-0.1, -0.05) is 13.8 Å². The monoisotopic (exact) mass is 215 g/mol. The molecule has 0 bridgehead atoms. The maximum Gasteiger partial charge on any atom is 0.409 e. The first-order valence-electron chi connectivity index (χ1n) is 5.67. The van der Waals surface area contributed by atoms with E-state index in [1.807, 2.05) is 13.8 Å². The minimum absolute atomic E-state index is 0.242. The van der Waals surface area contributed by atoms with Crippen LogP contribution in [0, 0.1) is 0 Å². The number of ether oxygens (including phenoxy) is 1. The molecule has 1 saturated heterocycles. The average Bonchev–Trinajstić information content (AvgIpc) is 2.46. The highest BCUT2D eigenvalue weighted by atomic mass is 16.6. The van der Waals surface area contributed by atoms with E-state index in [0.717, 1.165) is 6.42 Å². The van der Waals surface area contributed by atoms with E-state index in [4.69, 9.17) is 4.74 Å². The fraction of sp³-hybridized carbons (Fsp3) is 0.818. The highest BCUT2D eigenvalue weighted by Crippen LogP contribution is 2.07. The Kier molecular flexibility index (Phi) is 7.68. The smallest absolute Gasteiger partial charge is 0.409 e. The quantitative estimate of drug-likeness (QED) is 0.673. The van der Waals surface area contributed by atoms with Gasteiger partial charge in [0.1, 0.15) is 5.78 Å². The summed E-state index contributed by atoms with van der Waals surface area (Å²) in [5.74, 6) is 0.242. The van der Waals surface area contributed by atoms with Crippen molar-refractivity contribution in [2.24, 2.45) is 0 Å². The first-order chi connectivity index (χ1) is 7.24. The zero-order chi connectivity index (χ0) is 11.7. The third-order valence-electron chi connectivity index (χ3n) is 2.07.